The molecule has 4 rings (SSSR count). The Morgan fingerprint density at radius 3 is 2.43 bits per heavy atom. The zero-order valence-electron chi connectivity index (χ0n) is 11.8. The van der Waals surface area contributed by atoms with Crippen LogP contribution in [0.15, 0.2) is 70.5 Å². The van der Waals surface area contributed by atoms with Crippen LogP contribution in [0.2, 0.25) is 0 Å². The van der Waals surface area contributed by atoms with Gasteiger partial charge in [-0.05, 0) is 42.1 Å². The minimum absolute atomic E-state index is 0.0452. The number of hydrogen-bond donors (Lipinski definition) is 1. The van der Waals surface area contributed by atoms with Crippen LogP contribution in [0.25, 0.3) is 10.8 Å². The molecule has 0 fully saturated rings. The largest absolute Gasteiger partial charge is 0.281 e. The molecule has 23 heavy (non-hydrogen) atoms. The Morgan fingerprint density at radius 2 is 1.65 bits per heavy atom. The summed E-state index contributed by atoms with van der Waals surface area (Å²) in [6.07, 6.45) is 0. The molecule has 0 unspecified atom stereocenters. The monoisotopic (exact) mass is 341 g/mol. The molecule has 0 atom stereocenters. The lowest BCUT2D eigenvalue weighted by Crippen LogP contribution is -2.13. The van der Waals surface area contributed by atoms with Crippen LogP contribution in [-0.4, -0.2) is 13.5 Å². The summed E-state index contributed by atoms with van der Waals surface area (Å²) in [5, 5.41) is 1.25. The first kappa shape index (κ1) is 14.3. The number of carbonyl (C=O) groups excluding carboxylic acids is 1. The third-order valence-electron chi connectivity index (χ3n) is 3.70. The van der Waals surface area contributed by atoms with E-state index in [2.05, 4.69) is 4.72 Å². The summed E-state index contributed by atoms with van der Waals surface area (Å²) in [6, 6.07) is 17.2. The van der Waals surface area contributed by atoms with Crippen molar-refractivity contribution < 1.29 is 13.2 Å². The predicted molar refractivity (Wildman–Crippen MR) is 91.4 cm³/mol. The molecule has 0 saturated heterocycles. The number of rotatable bonds is 3. The predicted octanol–water partition coefficient (Wildman–Crippen LogP) is 3.89. The van der Waals surface area contributed by atoms with Gasteiger partial charge in [0.05, 0.1) is 4.90 Å². The van der Waals surface area contributed by atoms with E-state index in [1.54, 1.807) is 54.6 Å². The van der Waals surface area contributed by atoms with Gasteiger partial charge in [-0.2, -0.15) is 0 Å². The number of para-hydroxylation sites is 1. The van der Waals surface area contributed by atoms with Crippen LogP contribution in [-0.2, 0) is 10.0 Å². The number of hydrogen-bond acceptors (Lipinski definition) is 4. The summed E-state index contributed by atoms with van der Waals surface area (Å²) >= 11 is 1.14. The molecule has 1 aliphatic heterocycles. The van der Waals surface area contributed by atoms with Crippen molar-refractivity contribution >= 4 is 43.4 Å². The first-order chi connectivity index (χ1) is 11.1. The van der Waals surface area contributed by atoms with Crippen molar-refractivity contribution in [2.24, 2.45) is 0 Å². The molecule has 0 radical (unpaired) electrons. The highest BCUT2D eigenvalue weighted by Crippen LogP contribution is 2.42. The zero-order chi connectivity index (χ0) is 16.0. The summed E-state index contributed by atoms with van der Waals surface area (Å²) in [5.41, 5.74) is 1.07. The summed E-state index contributed by atoms with van der Waals surface area (Å²) in [6.45, 7) is 0. The van der Waals surface area contributed by atoms with E-state index in [0.29, 0.717) is 16.6 Å². The van der Waals surface area contributed by atoms with Crippen LogP contribution < -0.4 is 4.72 Å². The molecule has 4 nitrogen and oxygen atoms in total. The van der Waals surface area contributed by atoms with Gasteiger partial charge >= 0.3 is 0 Å². The molecular formula is C17H11NO3S2. The molecule has 1 N–H and O–H groups in total. The van der Waals surface area contributed by atoms with Gasteiger partial charge in [0.2, 0.25) is 5.12 Å². The first-order valence-electron chi connectivity index (χ1n) is 6.92. The molecule has 0 amide bonds. The maximum absolute atomic E-state index is 12.7. The van der Waals surface area contributed by atoms with E-state index in [1.807, 2.05) is 6.07 Å². The highest BCUT2D eigenvalue weighted by molar-refractivity contribution is 8.14. The molecule has 0 spiro atoms. The molecule has 0 aromatic heterocycles. The van der Waals surface area contributed by atoms with Crippen molar-refractivity contribution in [3.05, 3.63) is 66.2 Å². The van der Waals surface area contributed by atoms with Crippen LogP contribution in [0, 0.1) is 0 Å². The summed E-state index contributed by atoms with van der Waals surface area (Å²) in [5.74, 6) is 0. The van der Waals surface area contributed by atoms with E-state index in [1.165, 1.54) is 0 Å². The lowest BCUT2D eigenvalue weighted by atomic mass is 10.1. The van der Waals surface area contributed by atoms with Gasteiger partial charge in [0.25, 0.3) is 10.0 Å². The smallest absolute Gasteiger partial charge is 0.262 e. The summed E-state index contributed by atoms with van der Waals surface area (Å²) < 4.78 is 28.1. The van der Waals surface area contributed by atoms with Crippen LogP contribution in [0.3, 0.4) is 0 Å². The minimum Gasteiger partial charge on any atom is -0.281 e. The number of sulfonamides is 1. The van der Waals surface area contributed by atoms with Gasteiger partial charge in [-0.15, -0.1) is 0 Å². The van der Waals surface area contributed by atoms with Crippen molar-refractivity contribution in [3.8, 4) is 0 Å². The molecule has 0 bridgehead atoms. The molecule has 1 heterocycles. The number of nitrogens with one attached hydrogen (secondary N) is 1. The lowest BCUT2D eigenvalue weighted by molar-refractivity contribution is 0.109. The van der Waals surface area contributed by atoms with Gasteiger partial charge in [-0.3, -0.25) is 9.52 Å². The molecule has 0 aliphatic carbocycles. The number of anilines is 1. The second-order valence-corrected chi connectivity index (χ2v) is 7.82. The van der Waals surface area contributed by atoms with Crippen molar-refractivity contribution in [2.75, 3.05) is 4.72 Å². The molecule has 3 aromatic carbocycles. The molecule has 6 heteroatoms. The highest BCUT2D eigenvalue weighted by Gasteiger charge is 2.27. The third kappa shape index (κ3) is 2.31. The molecule has 1 aliphatic rings. The van der Waals surface area contributed by atoms with Crippen molar-refractivity contribution in [2.45, 2.75) is 9.79 Å². The maximum Gasteiger partial charge on any atom is 0.262 e. The Kier molecular flexibility index (Phi) is 3.18. The van der Waals surface area contributed by atoms with E-state index in [-0.39, 0.29) is 10.0 Å². The van der Waals surface area contributed by atoms with Gasteiger partial charge in [0, 0.05) is 26.9 Å². The molecule has 114 valence electrons. The lowest BCUT2D eigenvalue weighted by Gasteiger charge is -2.11. The summed E-state index contributed by atoms with van der Waals surface area (Å²) in [4.78, 5) is 13.0. The topological polar surface area (TPSA) is 63.2 Å². The van der Waals surface area contributed by atoms with Gasteiger partial charge in [-0.25, -0.2) is 8.42 Å². The van der Waals surface area contributed by atoms with Crippen LogP contribution >= 0.6 is 11.8 Å². The maximum atomic E-state index is 12.7. The Balaban J connectivity index is 1.90. The van der Waals surface area contributed by atoms with Gasteiger partial charge in [0.15, 0.2) is 0 Å². The van der Waals surface area contributed by atoms with E-state index in [9.17, 15) is 13.2 Å². The first-order valence-corrected chi connectivity index (χ1v) is 9.22. The second kappa shape index (κ2) is 5.11. The Morgan fingerprint density at radius 1 is 0.870 bits per heavy atom. The van der Waals surface area contributed by atoms with E-state index in [0.717, 1.165) is 22.0 Å². The zero-order valence-corrected chi connectivity index (χ0v) is 13.4. The standard InChI is InChI=1S/C17H11NO3S2/c19-17-13-8-4-7-12-15(10-9-14(22-17)16(12)13)23(20,21)18-11-5-2-1-3-6-11/h1-10,18H. The van der Waals surface area contributed by atoms with E-state index in [4.69, 9.17) is 0 Å². The highest BCUT2D eigenvalue weighted by atomic mass is 32.2. The average molecular weight is 341 g/mol. The SMILES string of the molecule is O=C1Sc2ccc(S(=O)(=O)Nc3ccccc3)c3cccc1c23. The Bertz CT molecular complexity index is 1040. The van der Waals surface area contributed by atoms with Gasteiger partial charge in [0.1, 0.15) is 0 Å². The van der Waals surface area contributed by atoms with Crippen molar-refractivity contribution in [1.29, 1.82) is 0 Å². The Hall–Kier alpha value is -2.31. The number of benzene rings is 3. The third-order valence-corrected chi connectivity index (χ3v) is 6.11. The van der Waals surface area contributed by atoms with E-state index >= 15 is 0 Å². The molecule has 0 saturated carbocycles. The van der Waals surface area contributed by atoms with E-state index < -0.39 is 10.0 Å². The molecular weight excluding hydrogens is 330 g/mol. The number of carbonyl (C=O) groups is 1. The van der Waals surface area contributed by atoms with Crippen molar-refractivity contribution in [1.82, 2.24) is 0 Å². The van der Waals surface area contributed by atoms with Crippen molar-refractivity contribution in [3.63, 3.8) is 0 Å². The quantitative estimate of drug-likeness (QED) is 0.785. The fraction of sp³-hybridized carbons (Fsp3) is 0. The average Bonchev–Trinajstić information content (AvgIpc) is 2.86. The van der Waals surface area contributed by atoms with Gasteiger partial charge < -0.3 is 0 Å². The van der Waals surface area contributed by atoms with Gasteiger partial charge in [-0.1, -0.05) is 30.3 Å². The normalized spacial score (nSPS) is 13.5. The molecule has 3 aromatic rings. The fourth-order valence-electron chi connectivity index (χ4n) is 2.71. The minimum atomic E-state index is -3.73. The van der Waals surface area contributed by atoms with Crippen LogP contribution in [0.1, 0.15) is 10.4 Å². The summed E-state index contributed by atoms with van der Waals surface area (Å²) in [7, 11) is -3.73. The second-order valence-electron chi connectivity index (χ2n) is 5.15. The fourth-order valence-corrected chi connectivity index (χ4v) is 4.91. The number of thioether (sulfide) groups is 1. The van der Waals surface area contributed by atoms with Crippen LogP contribution in [0.5, 0.6) is 0 Å². The van der Waals surface area contributed by atoms with Crippen LogP contribution in [0.4, 0.5) is 5.69 Å². The Labute approximate surface area is 137 Å².